The van der Waals surface area contributed by atoms with Crippen LogP contribution < -0.4 is 16.2 Å². The van der Waals surface area contributed by atoms with E-state index in [1.54, 1.807) is 6.20 Å². The summed E-state index contributed by atoms with van der Waals surface area (Å²) in [6.07, 6.45) is 3.64. The molecule has 0 amide bonds. The van der Waals surface area contributed by atoms with E-state index in [4.69, 9.17) is 17.3 Å². The lowest BCUT2D eigenvalue weighted by molar-refractivity contribution is 0.307. The van der Waals surface area contributed by atoms with Crippen molar-refractivity contribution in [2.24, 2.45) is 17.6 Å². The summed E-state index contributed by atoms with van der Waals surface area (Å²) in [7, 11) is 0. The number of aryl methyl sites for hydroxylation is 1. The molecule has 2 N–H and O–H groups in total. The van der Waals surface area contributed by atoms with Crippen molar-refractivity contribution in [3.05, 3.63) is 21.6 Å². The van der Waals surface area contributed by atoms with E-state index in [0.29, 0.717) is 24.9 Å². The highest BCUT2D eigenvalue weighted by Crippen LogP contribution is 2.29. The predicted octanol–water partition coefficient (Wildman–Crippen LogP) is 1.73. The Hall–Kier alpha value is -1.07. The molecule has 1 aromatic rings. The minimum absolute atomic E-state index is 0.200. The molecule has 20 heavy (non-hydrogen) atoms. The van der Waals surface area contributed by atoms with Gasteiger partial charge < -0.3 is 10.6 Å². The first kappa shape index (κ1) is 15.3. The van der Waals surface area contributed by atoms with Crippen LogP contribution in [-0.4, -0.2) is 29.4 Å². The van der Waals surface area contributed by atoms with Crippen molar-refractivity contribution in [3.8, 4) is 0 Å². The Morgan fingerprint density at radius 1 is 1.55 bits per heavy atom. The quantitative estimate of drug-likeness (QED) is 0.919. The first-order chi connectivity index (χ1) is 9.58. The molecule has 1 fully saturated rings. The summed E-state index contributed by atoms with van der Waals surface area (Å²) >= 11 is 6.25. The fourth-order valence-corrected chi connectivity index (χ4v) is 2.99. The highest BCUT2D eigenvalue weighted by molar-refractivity contribution is 6.33. The standard InChI is InChI=1S/C14H23ClN4O/c1-3-5-19-14(20)13(15)12(8-17-19)18-6-4-10(2)11(7-16)9-18/h8,10-11H,3-7,9,16H2,1-2H3. The van der Waals surface area contributed by atoms with Crippen molar-refractivity contribution >= 4 is 17.3 Å². The number of nitrogens with zero attached hydrogens (tertiary/aromatic N) is 3. The molecular formula is C14H23ClN4O. The third-order valence-electron chi connectivity index (χ3n) is 4.16. The van der Waals surface area contributed by atoms with Gasteiger partial charge in [-0.1, -0.05) is 25.4 Å². The first-order valence-corrected chi connectivity index (χ1v) is 7.66. The Balaban J connectivity index is 2.25. The molecule has 6 heteroatoms. The molecule has 2 rings (SSSR count). The Labute approximate surface area is 124 Å². The molecule has 2 unspecified atom stereocenters. The van der Waals surface area contributed by atoms with E-state index in [1.807, 2.05) is 6.92 Å². The van der Waals surface area contributed by atoms with Crippen molar-refractivity contribution in [1.29, 1.82) is 0 Å². The maximum atomic E-state index is 12.2. The molecule has 0 radical (unpaired) electrons. The fraction of sp³-hybridized carbons (Fsp3) is 0.714. The first-order valence-electron chi connectivity index (χ1n) is 7.29. The SMILES string of the molecule is CCCn1ncc(N2CCC(C)C(CN)C2)c(Cl)c1=O. The van der Waals surface area contributed by atoms with Crippen molar-refractivity contribution in [1.82, 2.24) is 9.78 Å². The molecule has 0 saturated carbocycles. The van der Waals surface area contributed by atoms with E-state index in [1.165, 1.54) is 4.68 Å². The summed E-state index contributed by atoms with van der Waals surface area (Å²) in [6.45, 7) is 7.24. The van der Waals surface area contributed by atoms with Crippen molar-refractivity contribution < 1.29 is 0 Å². The molecular weight excluding hydrogens is 276 g/mol. The van der Waals surface area contributed by atoms with Crippen LogP contribution in [0, 0.1) is 11.8 Å². The molecule has 1 aromatic heterocycles. The van der Waals surface area contributed by atoms with E-state index in [9.17, 15) is 4.79 Å². The molecule has 2 atom stereocenters. The summed E-state index contributed by atoms with van der Waals surface area (Å²) in [5, 5.41) is 4.50. The third kappa shape index (κ3) is 2.99. The molecule has 1 aliphatic rings. The second-order valence-corrected chi connectivity index (χ2v) is 5.96. The zero-order chi connectivity index (χ0) is 14.7. The number of piperidine rings is 1. The second-order valence-electron chi connectivity index (χ2n) is 5.58. The minimum atomic E-state index is -0.200. The van der Waals surface area contributed by atoms with Crippen molar-refractivity contribution in [2.75, 3.05) is 24.5 Å². The van der Waals surface area contributed by atoms with Gasteiger partial charge in [0.25, 0.3) is 5.56 Å². The number of aromatic nitrogens is 2. The molecule has 112 valence electrons. The van der Waals surface area contributed by atoms with Gasteiger partial charge in [0.05, 0.1) is 11.9 Å². The van der Waals surface area contributed by atoms with Crippen LogP contribution in [0.3, 0.4) is 0 Å². The predicted molar refractivity (Wildman–Crippen MR) is 82.3 cm³/mol. The lowest BCUT2D eigenvalue weighted by Gasteiger charge is -2.38. The van der Waals surface area contributed by atoms with Gasteiger partial charge in [0.1, 0.15) is 5.02 Å². The molecule has 0 aromatic carbocycles. The number of rotatable bonds is 4. The summed E-state index contributed by atoms with van der Waals surface area (Å²) in [5.74, 6) is 1.06. The molecule has 2 heterocycles. The molecule has 1 aliphatic heterocycles. The van der Waals surface area contributed by atoms with Gasteiger partial charge in [0.2, 0.25) is 0 Å². The number of hydrogen-bond donors (Lipinski definition) is 1. The lowest BCUT2D eigenvalue weighted by atomic mass is 9.87. The van der Waals surface area contributed by atoms with Gasteiger partial charge in [-0.2, -0.15) is 5.10 Å². The van der Waals surface area contributed by atoms with E-state index in [2.05, 4.69) is 16.9 Å². The number of hydrogen-bond acceptors (Lipinski definition) is 4. The largest absolute Gasteiger partial charge is 0.369 e. The van der Waals surface area contributed by atoms with Crippen LogP contribution in [0.5, 0.6) is 0 Å². The topological polar surface area (TPSA) is 64.2 Å². The Kier molecular flexibility index (Phi) is 5.05. The van der Waals surface area contributed by atoms with Crippen LogP contribution in [0.2, 0.25) is 5.02 Å². The zero-order valence-corrected chi connectivity index (χ0v) is 12.9. The molecule has 0 aliphatic carbocycles. The zero-order valence-electron chi connectivity index (χ0n) is 12.2. The Morgan fingerprint density at radius 3 is 2.95 bits per heavy atom. The Morgan fingerprint density at radius 2 is 2.30 bits per heavy atom. The van der Waals surface area contributed by atoms with Gasteiger partial charge in [0.15, 0.2) is 0 Å². The number of anilines is 1. The van der Waals surface area contributed by atoms with E-state index >= 15 is 0 Å². The van der Waals surface area contributed by atoms with E-state index < -0.39 is 0 Å². The summed E-state index contributed by atoms with van der Waals surface area (Å²) in [4.78, 5) is 14.3. The summed E-state index contributed by atoms with van der Waals surface area (Å²) in [6, 6.07) is 0. The maximum Gasteiger partial charge on any atom is 0.287 e. The molecule has 0 bridgehead atoms. The monoisotopic (exact) mass is 298 g/mol. The van der Waals surface area contributed by atoms with E-state index in [-0.39, 0.29) is 10.6 Å². The smallest absolute Gasteiger partial charge is 0.287 e. The normalized spacial score (nSPS) is 23.1. The van der Waals surface area contributed by atoms with Gasteiger partial charge in [-0.05, 0) is 31.2 Å². The fourth-order valence-electron chi connectivity index (χ4n) is 2.72. The maximum absolute atomic E-state index is 12.2. The van der Waals surface area contributed by atoms with Gasteiger partial charge in [-0.3, -0.25) is 4.79 Å². The molecule has 5 nitrogen and oxygen atoms in total. The summed E-state index contributed by atoms with van der Waals surface area (Å²) < 4.78 is 1.43. The average molecular weight is 299 g/mol. The number of halogens is 1. The minimum Gasteiger partial charge on any atom is -0.369 e. The van der Waals surface area contributed by atoms with Gasteiger partial charge in [-0.25, -0.2) is 4.68 Å². The number of nitrogens with two attached hydrogens (primary N) is 1. The van der Waals surface area contributed by atoms with E-state index in [0.717, 1.165) is 31.6 Å². The van der Waals surface area contributed by atoms with Gasteiger partial charge >= 0.3 is 0 Å². The lowest BCUT2D eigenvalue weighted by Crippen LogP contribution is -2.43. The summed E-state index contributed by atoms with van der Waals surface area (Å²) in [5.41, 5.74) is 6.37. The van der Waals surface area contributed by atoms with Crippen molar-refractivity contribution in [2.45, 2.75) is 33.2 Å². The highest BCUT2D eigenvalue weighted by Gasteiger charge is 2.27. The van der Waals surface area contributed by atoms with Crippen LogP contribution in [0.1, 0.15) is 26.7 Å². The van der Waals surface area contributed by atoms with Gasteiger partial charge in [-0.15, -0.1) is 0 Å². The highest BCUT2D eigenvalue weighted by atomic mass is 35.5. The average Bonchev–Trinajstić information content (AvgIpc) is 2.45. The molecule has 0 spiro atoms. The second kappa shape index (κ2) is 6.59. The third-order valence-corrected chi connectivity index (χ3v) is 4.51. The van der Waals surface area contributed by atoms with Crippen LogP contribution in [0.15, 0.2) is 11.0 Å². The van der Waals surface area contributed by atoms with Crippen LogP contribution in [0.25, 0.3) is 0 Å². The van der Waals surface area contributed by atoms with Gasteiger partial charge in [0, 0.05) is 19.6 Å². The Bertz CT molecular complexity index is 516. The van der Waals surface area contributed by atoms with Crippen LogP contribution in [0.4, 0.5) is 5.69 Å². The van der Waals surface area contributed by atoms with Crippen LogP contribution >= 0.6 is 11.6 Å². The van der Waals surface area contributed by atoms with Crippen LogP contribution in [-0.2, 0) is 6.54 Å². The molecule has 1 saturated heterocycles. The van der Waals surface area contributed by atoms with Crippen molar-refractivity contribution in [3.63, 3.8) is 0 Å².